The van der Waals surface area contributed by atoms with Gasteiger partial charge in [-0.05, 0) is 37.8 Å². The molecular formula is C16H19N3O4S. The Bertz CT molecular complexity index is 690. The maximum atomic E-state index is 12.7. The van der Waals surface area contributed by atoms with Crippen molar-refractivity contribution in [1.82, 2.24) is 10.2 Å². The highest BCUT2D eigenvalue weighted by atomic mass is 32.2. The Morgan fingerprint density at radius 1 is 1.42 bits per heavy atom. The van der Waals surface area contributed by atoms with Gasteiger partial charge in [0.15, 0.2) is 0 Å². The molecule has 0 aromatic heterocycles. The van der Waals surface area contributed by atoms with Crippen LogP contribution in [0.5, 0.6) is 0 Å². The molecule has 2 amide bonds. The van der Waals surface area contributed by atoms with Crippen LogP contribution < -0.4 is 5.32 Å². The first-order valence-corrected chi connectivity index (χ1v) is 9.04. The van der Waals surface area contributed by atoms with E-state index in [1.54, 1.807) is 11.8 Å². The van der Waals surface area contributed by atoms with Gasteiger partial charge in [0.2, 0.25) is 5.91 Å². The Labute approximate surface area is 143 Å². The molecule has 128 valence electrons. The molecule has 1 N–H and O–H groups in total. The SMILES string of the molecule is Cc1cc(C(=O)N2CSCC2C(=O)NCC2CC2)ccc1[N+](=O)[O-]. The Hall–Kier alpha value is -2.09. The lowest BCUT2D eigenvalue weighted by atomic mass is 10.1. The van der Waals surface area contributed by atoms with Gasteiger partial charge in [0.05, 0.1) is 10.8 Å². The maximum Gasteiger partial charge on any atom is 0.272 e. The van der Waals surface area contributed by atoms with E-state index in [0.717, 1.165) is 12.8 Å². The minimum Gasteiger partial charge on any atom is -0.354 e. The van der Waals surface area contributed by atoms with Gasteiger partial charge >= 0.3 is 0 Å². The molecule has 1 unspecified atom stereocenters. The number of nitro groups is 1. The Kier molecular flexibility index (Phi) is 4.75. The second-order valence-corrected chi connectivity index (χ2v) is 7.24. The molecule has 1 aliphatic carbocycles. The molecule has 1 atom stereocenters. The van der Waals surface area contributed by atoms with Crippen molar-refractivity contribution in [3.8, 4) is 0 Å². The van der Waals surface area contributed by atoms with Crippen LogP contribution in [0.25, 0.3) is 0 Å². The summed E-state index contributed by atoms with van der Waals surface area (Å²) in [7, 11) is 0. The molecule has 8 heteroatoms. The fourth-order valence-corrected chi connectivity index (χ4v) is 3.86. The van der Waals surface area contributed by atoms with Crippen molar-refractivity contribution in [2.24, 2.45) is 5.92 Å². The summed E-state index contributed by atoms with van der Waals surface area (Å²) in [5, 5.41) is 13.8. The highest BCUT2D eigenvalue weighted by molar-refractivity contribution is 7.99. The zero-order valence-electron chi connectivity index (χ0n) is 13.4. The van der Waals surface area contributed by atoms with Gasteiger partial charge < -0.3 is 10.2 Å². The number of amides is 2. The van der Waals surface area contributed by atoms with Crippen LogP contribution in [0.1, 0.15) is 28.8 Å². The first-order chi connectivity index (χ1) is 11.5. The molecule has 3 rings (SSSR count). The predicted octanol–water partition coefficient (Wildman–Crippen LogP) is 1.94. The number of thioether (sulfide) groups is 1. The van der Waals surface area contributed by atoms with E-state index in [1.165, 1.54) is 30.0 Å². The van der Waals surface area contributed by atoms with E-state index in [4.69, 9.17) is 0 Å². The fraction of sp³-hybridized carbons (Fsp3) is 0.500. The van der Waals surface area contributed by atoms with Crippen molar-refractivity contribution in [2.75, 3.05) is 18.2 Å². The molecule has 2 aliphatic rings. The van der Waals surface area contributed by atoms with E-state index in [9.17, 15) is 19.7 Å². The molecule has 24 heavy (non-hydrogen) atoms. The summed E-state index contributed by atoms with van der Waals surface area (Å²) in [5.74, 6) is 1.25. The molecule has 1 aromatic rings. The summed E-state index contributed by atoms with van der Waals surface area (Å²) in [4.78, 5) is 37.0. The molecule has 2 fully saturated rings. The smallest absolute Gasteiger partial charge is 0.272 e. The van der Waals surface area contributed by atoms with Gasteiger partial charge in [-0.1, -0.05) is 0 Å². The van der Waals surface area contributed by atoms with Crippen molar-refractivity contribution >= 4 is 29.3 Å². The fourth-order valence-electron chi connectivity index (χ4n) is 2.70. The Balaban J connectivity index is 1.71. The van der Waals surface area contributed by atoms with Crippen LogP contribution in [0.3, 0.4) is 0 Å². The van der Waals surface area contributed by atoms with Crippen molar-refractivity contribution in [1.29, 1.82) is 0 Å². The molecular weight excluding hydrogens is 330 g/mol. The van der Waals surface area contributed by atoms with E-state index in [1.807, 2.05) is 0 Å². The standard InChI is InChI=1S/C16H19N3O4S/c1-10-6-12(4-5-13(10)19(22)23)16(21)18-9-24-8-14(18)15(20)17-7-11-2-3-11/h4-6,11,14H,2-3,7-9H2,1H3,(H,17,20). The molecule has 0 radical (unpaired) electrons. The third-order valence-electron chi connectivity index (χ3n) is 4.35. The number of hydrogen-bond acceptors (Lipinski definition) is 5. The van der Waals surface area contributed by atoms with Crippen LogP contribution in [0.2, 0.25) is 0 Å². The number of benzene rings is 1. The molecule has 1 heterocycles. The van der Waals surface area contributed by atoms with Gasteiger partial charge in [0.1, 0.15) is 6.04 Å². The first-order valence-electron chi connectivity index (χ1n) is 7.89. The van der Waals surface area contributed by atoms with Crippen LogP contribution in [-0.2, 0) is 4.79 Å². The highest BCUT2D eigenvalue weighted by Crippen LogP contribution is 2.28. The zero-order chi connectivity index (χ0) is 17.3. The second-order valence-electron chi connectivity index (χ2n) is 6.24. The predicted molar refractivity (Wildman–Crippen MR) is 90.8 cm³/mol. The third kappa shape index (κ3) is 3.53. The van der Waals surface area contributed by atoms with Gasteiger partial charge in [-0.2, -0.15) is 0 Å². The normalized spacial score (nSPS) is 20.0. The number of carbonyl (C=O) groups excluding carboxylic acids is 2. The summed E-state index contributed by atoms with van der Waals surface area (Å²) in [6.45, 7) is 2.28. The number of nitrogens with zero attached hydrogens (tertiary/aromatic N) is 2. The van der Waals surface area contributed by atoms with E-state index >= 15 is 0 Å². The number of carbonyl (C=O) groups is 2. The summed E-state index contributed by atoms with van der Waals surface area (Å²) in [6, 6.07) is 3.84. The lowest BCUT2D eigenvalue weighted by Crippen LogP contribution is -2.47. The summed E-state index contributed by atoms with van der Waals surface area (Å²) in [5.41, 5.74) is 0.800. The summed E-state index contributed by atoms with van der Waals surface area (Å²) < 4.78 is 0. The van der Waals surface area contributed by atoms with Gasteiger partial charge in [0, 0.05) is 29.5 Å². The Morgan fingerprint density at radius 2 is 2.17 bits per heavy atom. The summed E-state index contributed by atoms with van der Waals surface area (Å²) >= 11 is 1.54. The average Bonchev–Trinajstić information content (AvgIpc) is 3.25. The van der Waals surface area contributed by atoms with E-state index in [-0.39, 0.29) is 17.5 Å². The lowest BCUT2D eigenvalue weighted by molar-refractivity contribution is -0.385. The lowest BCUT2D eigenvalue weighted by Gasteiger charge is -2.23. The third-order valence-corrected chi connectivity index (χ3v) is 5.36. The first kappa shape index (κ1) is 16.8. The molecule has 1 aromatic carbocycles. The number of nitrogens with one attached hydrogen (secondary N) is 1. The van der Waals surface area contributed by atoms with Crippen LogP contribution in [0.15, 0.2) is 18.2 Å². The van der Waals surface area contributed by atoms with E-state index in [0.29, 0.717) is 35.2 Å². The minimum absolute atomic E-state index is 0.0129. The highest BCUT2D eigenvalue weighted by Gasteiger charge is 2.36. The van der Waals surface area contributed by atoms with Gasteiger partial charge in [-0.15, -0.1) is 11.8 Å². The van der Waals surface area contributed by atoms with Gasteiger partial charge in [-0.3, -0.25) is 19.7 Å². The maximum absolute atomic E-state index is 12.7. The van der Waals surface area contributed by atoms with Crippen molar-refractivity contribution in [3.05, 3.63) is 39.4 Å². The van der Waals surface area contributed by atoms with Gasteiger partial charge in [-0.25, -0.2) is 0 Å². The molecule has 7 nitrogen and oxygen atoms in total. The average molecular weight is 349 g/mol. The monoisotopic (exact) mass is 349 g/mol. The molecule has 0 bridgehead atoms. The topological polar surface area (TPSA) is 92.6 Å². The molecule has 1 aliphatic heterocycles. The van der Waals surface area contributed by atoms with Crippen molar-refractivity contribution < 1.29 is 14.5 Å². The minimum atomic E-state index is -0.475. The van der Waals surface area contributed by atoms with Crippen molar-refractivity contribution in [2.45, 2.75) is 25.8 Å². The number of rotatable bonds is 5. The number of aryl methyl sites for hydroxylation is 1. The Morgan fingerprint density at radius 3 is 2.79 bits per heavy atom. The van der Waals surface area contributed by atoms with Crippen LogP contribution >= 0.6 is 11.8 Å². The van der Waals surface area contributed by atoms with Gasteiger partial charge in [0.25, 0.3) is 11.6 Å². The largest absolute Gasteiger partial charge is 0.354 e. The number of nitro benzene ring substituents is 1. The van der Waals surface area contributed by atoms with E-state index < -0.39 is 11.0 Å². The molecule has 1 saturated heterocycles. The van der Waals surface area contributed by atoms with Crippen LogP contribution in [-0.4, -0.2) is 45.9 Å². The van der Waals surface area contributed by atoms with Crippen LogP contribution in [0.4, 0.5) is 5.69 Å². The van der Waals surface area contributed by atoms with E-state index in [2.05, 4.69) is 5.32 Å². The summed E-state index contributed by atoms with van der Waals surface area (Å²) in [6.07, 6.45) is 2.31. The molecule has 0 spiro atoms. The quantitative estimate of drug-likeness (QED) is 0.648. The van der Waals surface area contributed by atoms with Crippen LogP contribution in [0, 0.1) is 23.0 Å². The second kappa shape index (κ2) is 6.80. The number of hydrogen-bond donors (Lipinski definition) is 1. The van der Waals surface area contributed by atoms with Crippen molar-refractivity contribution in [3.63, 3.8) is 0 Å². The molecule has 1 saturated carbocycles. The zero-order valence-corrected chi connectivity index (χ0v) is 14.2.